The zero-order valence-corrected chi connectivity index (χ0v) is 16.0. The third-order valence-electron chi connectivity index (χ3n) is 4.18. The molecular weight excluding hydrogens is 344 g/mol. The van der Waals surface area contributed by atoms with Crippen molar-refractivity contribution >= 4 is 23.2 Å². The van der Waals surface area contributed by atoms with Gasteiger partial charge in [0.15, 0.2) is 0 Å². The van der Waals surface area contributed by atoms with Gasteiger partial charge in [-0.25, -0.2) is 0 Å². The van der Waals surface area contributed by atoms with Gasteiger partial charge < -0.3 is 20.1 Å². The molecule has 2 aromatic carbocycles. The number of hydrogen-bond donors (Lipinski definition) is 2. The summed E-state index contributed by atoms with van der Waals surface area (Å²) in [5.41, 5.74) is 1.01. The van der Waals surface area contributed by atoms with Gasteiger partial charge >= 0.3 is 0 Å². The van der Waals surface area contributed by atoms with Crippen LogP contribution >= 0.6 is 0 Å². The minimum absolute atomic E-state index is 0.0756. The summed E-state index contributed by atoms with van der Waals surface area (Å²) in [6, 6.07) is 12.1. The van der Waals surface area contributed by atoms with Gasteiger partial charge in [-0.2, -0.15) is 0 Å². The summed E-state index contributed by atoms with van der Waals surface area (Å²) in [5, 5.41) is 5.70. The second-order valence-electron chi connectivity index (χ2n) is 7.48. The number of rotatable bonds is 4. The summed E-state index contributed by atoms with van der Waals surface area (Å²) in [5.74, 6) is 0.939. The number of ether oxygens (including phenoxy) is 2. The molecule has 2 aromatic rings. The van der Waals surface area contributed by atoms with Crippen LogP contribution in [-0.4, -0.2) is 24.5 Å². The van der Waals surface area contributed by atoms with E-state index in [2.05, 4.69) is 10.6 Å². The highest BCUT2D eigenvalue weighted by Crippen LogP contribution is 2.34. The summed E-state index contributed by atoms with van der Waals surface area (Å²) in [6.45, 7) is 7.83. The normalized spacial score (nSPS) is 15.2. The van der Waals surface area contributed by atoms with Crippen molar-refractivity contribution in [1.29, 1.82) is 0 Å². The molecule has 6 nitrogen and oxygen atoms in total. The monoisotopic (exact) mass is 368 g/mol. The smallest absolute Gasteiger partial charge is 0.255 e. The zero-order chi connectivity index (χ0) is 19.6. The van der Waals surface area contributed by atoms with Crippen molar-refractivity contribution in [3.8, 4) is 11.5 Å². The molecule has 0 aromatic heterocycles. The average molecular weight is 368 g/mol. The quantitative estimate of drug-likeness (QED) is 0.852. The van der Waals surface area contributed by atoms with Crippen molar-refractivity contribution in [2.75, 3.05) is 17.2 Å². The van der Waals surface area contributed by atoms with E-state index in [4.69, 9.17) is 9.47 Å². The molecule has 1 aliphatic rings. The first-order valence-electron chi connectivity index (χ1n) is 8.91. The Bertz CT molecular complexity index is 857. The standard InChI is InChI=1S/C21H24N2O4/c1-13(2)27-16-8-5-14(6-9-16)19(24)22-15-7-10-18-17(11-15)23-20(25)21(3,4)12-26-18/h5-11,13H,12H2,1-4H3,(H,22,24)(H,23,25). The number of carbonyl (C=O) groups is 2. The van der Waals surface area contributed by atoms with E-state index in [0.29, 0.717) is 35.0 Å². The van der Waals surface area contributed by atoms with Crippen molar-refractivity contribution in [2.45, 2.75) is 33.8 Å². The fourth-order valence-electron chi connectivity index (χ4n) is 2.61. The van der Waals surface area contributed by atoms with Gasteiger partial charge in [-0.3, -0.25) is 9.59 Å². The molecule has 0 atom stereocenters. The average Bonchev–Trinajstić information content (AvgIpc) is 2.71. The van der Waals surface area contributed by atoms with Gasteiger partial charge in [-0.1, -0.05) is 0 Å². The SMILES string of the molecule is CC(C)Oc1ccc(C(=O)Nc2ccc3c(c2)NC(=O)C(C)(C)CO3)cc1. The Morgan fingerprint density at radius 2 is 1.89 bits per heavy atom. The van der Waals surface area contributed by atoms with Gasteiger partial charge in [0.05, 0.1) is 17.2 Å². The molecule has 0 spiro atoms. The van der Waals surface area contributed by atoms with Gasteiger partial charge in [0, 0.05) is 11.3 Å². The van der Waals surface area contributed by atoms with E-state index < -0.39 is 5.41 Å². The number of fused-ring (bicyclic) bond motifs is 1. The molecule has 0 aliphatic carbocycles. The molecule has 6 heteroatoms. The maximum absolute atomic E-state index is 12.5. The van der Waals surface area contributed by atoms with Crippen molar-refractivity contribution in [3.05, 3.63) is 48.0 Å². The van der Waals surface area contributed by atoms with Crippen LogP contribution in [-0.2, 0) is 4.79 Å². The van der Waals surface area contributed by atoms with Gasteiger partial charge in [0.2, 0.25) is 5.91 Å². The molecule has 142 valence electrons. The molecule has 1 heterocycles. The van der Waals surface area contributed by atoms with Gasteiger partial charge in [0.25, 0.3) is 5.91 Å². The summed E-state index contributed by atoms with van der Waals surface area (Å²) in [4.78, 5) is 24.8. The van der Waals surface area contributed by atoms with Crippen LogP contribution in [0.5, 0.6) is 11.5 Å². The first kappa shape index (κ1) is 18.8. The number of anilines is 2. The van der Waals surface area contributed by atoms with E-state index in [1.807, 2.05) is 27.7 Å². The lowest BCUT2D eigenvalue weighted by atomic mass is 9.94. The van der Waals surface area contributed by atoms with Crippen molar-refractivity contribution < 1.29 is 19.1 Å². The summed E-state index contributed by atoms with van der Waals surface area (Å²) < 4.78 is 11.3. The van der Waals surface area contributed by atoms with Crippen molar-refractivity contribution in [2.24, 2.45) is 5.41 Å². The Hall–Kier alpha value is -3.02. The second kappa shape index (κ2) is 7.31. The number of carbonyl (C=O) groups excluding carboxylic acids is 2. The molecule has 0 radical (unpaired) electrons. The molecule has 2 N–H and O–H groups in total. The maximum Gasteiger partial charge on any atom is 0.255 e. The molecular formula is C21H24N2O4. The van der Waals surface area contributed by atoms with Crippen LogP contribution in [0.4, 0.5) is 11.4 Å². The topological polar surface area (TPSA) is 76.7 Å². The third-order valence-corrected chi connectivity index (χ3v) is 4.18. The van der Waals surface area contributed by atoms with E-state index >= 15 is 0 Å². The Labute approximate surface area is 158 Å². The molecule has 0 saturated heterocycles. The molecule has 1 aliphatic heterocycles. The van der Waals surface area contributed by atoms with Crippen molar-refractivity contribution in [3.63, 3.8) is 0 Å². The fourth-order valence-corrected chi connectivity index (χ4v) is 2.61. The van der Waals surface area contributed by atoms with E-state index in [-0.39, 0.29) is 17.9 Å². The highest BCUT2D eigenvalue weighted by Gasteiger charge is 2.32. The number of amides is 2. The largest absolute Gasteiger partial charge is 0.491 e. The Kier molecular flexibility index (Phi) is 5.08. The minimum atomic E-state index is -0.623. The predicted octanol–water partition coefficient (Wildman–Crippen LogP) is 4.08. The first-order valence-corrected chi connectivity index (χ1v) is 8.91. The number of hydrogen-bond acceptors (Lipinski definition) is 4. The third kappa shape index (κ3) is 4.39. The Balaban J connectivity index is 1.73. The van der Waals surface area contributed by atoms with Crippen LogP contribution in [0, 0.1) is 5.41 Å². The molecule has 0 fully saturated rings. The van der Waals surface area contributed by atoms with Crippen LogP contribution < -0.4 is 20.1 Å². The highest BCUT2D eigenvalue weighted by molar-refractivity contribution is 6.05. The second-order valence-corrected chi connectivity index (χ2v) is 7.48. The molecule has 27 heavy (non-hydrogen) atoms. The van der Waals surface area contributed by atoms with Crippen LogP contribution in [0.1, 0.15) is 38.1 Å². The van der Waals surface area contributed by atoms with E-state index in [1.54, 1.807) is 42.5 Å². The van der Waals surface area contributed by atoms with Gasteiger partial charge in [-0.05, 0) is 70.2 Å². The molecule has 3 rings (SSSR count). The first-order chi connectivity index (χ1) is 12.7. The number of nitrogens with one attached hydrogen (secondary N) is 2. The van der Waals surface area contributed by atoms with Gasteiger partial charge in [-0.15, -0.1) is 0 Å². The van der Waals surface area contributed by atoms with E-state index in [9.17, 15) is 9.59 Å². The fraction of sp³-hybridized carbons (Fsp3) is 0.333. The van der Waals surface area contributed by atoms with Crippen LogP contribution in [0.25, 0.3) is 0 Å². The van der Waals surface area contributed by atoms with E-state index in [1.165, 1.54) is 0 Å². The van der Waals surface area contributed by atoms with Crippen molar-refractivity contribution in [1.82, 2.24) is 0 Å². The zero-order valence-electron chi connectivity index (χ0n) is 16.0. The molecule has 2 amide bonds. The van der Waals surface area contributed by atoms with Gasteiger partial charge in [0.1, 0.15) is 18.1 Å². The summed E-state index contributed by atoms with van der Waals surface area (Å²) in [7, 11) is 0. The van der Waals surface area contributed by atoms with Crippen LogP contribution in [0.3, 0.4) is 0 Å². The lowest BCUT2D eigenvalue weighted by molar-refractivity contribution is -0.124. The summed E-state index contributed by atoms with van der Waals surface area (Å²) >= 11 is 0. The summed E-state index contributed by atoms with van der Waals surface area (Å²) in [6.07, 6.45) is 0.0756. The van der Waals surface area contributed by atoms with Crippen LogP contribution in [0.15, 0.2) is 42.5 Å². The molecule has 0 unspecified atom stereocenters. The Morgan fingerprint density at radius 3 is 2.56 bits per heavy atom. The van der Waals surface area contributed by atoms with E-state index in [0.717, 1.165) is 0 Å². The number of benzene rings is 2. The minimum Gasteiger partial charge on any atom is -0.491 e. The molecule has 0 saturated carbocycles. The predicted molar refractivity (Wildman–Crippen MR) is 105 cm³/mol. The maximum atomic E-state index is 12.5. The van der Waals surface area contributed by atoms with Crippen LogP contribution in [0.2, 0.25) is 0 Å². The lowest BCUT2D eigenvalue weighted by Gasteiger charge is -2.18. The Morgan fingerprint density at radius 1 is 1.19 bits per heavy atom. The highest BCUT2D eigenvalue weighted by atomic mass is 16.5. The lowest BCUT2D eigenvalue weighted by Crippen LogP contribution is -2.33. The molecule has 0 bridgehead atoms.